The van der Waals surface area contributed by atoms with Crippen LogP contribution in [0.1, 0.15) is 110 Å². The first kappa shape index (κ1) is 19.7. The predicted molar refractivity (Wildman–Crippen MR) is 94.0 cm³/mol. The maximum Gasteiger partial charge on any atom is -0.0351 e. The van der Waals surface area contributed by atoms with Crippen LogP contribution >= 0.6 is 0 Å². The van der Waals surface area contributed by atoms with Crippen molar-refractivity contribution in [1.82, 2.24) is 0 Å². The number of hydrogen-bond acceptors (Lipinski definition) is 0. The van der Waals surface area contributed by atoms with E-state index in [4.69, 9.17) is 0 Å². The van der Waals surface area contributed by atoms with Gasteiger partial charge in [-0.15, -0.1) is 0 Å². The minimum absolute atomic E-state index is 1.12. The maximum atomic E-state index is 3.89. The zero-order chi connectivity index (χ0) is 14.7. The van der Waals surface area contributed by atoms with Gasteiger partial charge in [0.05, 0.1) is 0 Å². The lowest BCUT2D eigenvalue weighted by Crippen LogP contribution is -1.83. The zero-order valence-electron chi connectivity index (χ0n) is 14.2. The van der Waals surface area contributed by atoms with Crippen molar-refractivity contribution in [3.05, 3.63) is 19.1 Å². The molecular formula is C20H39. The lowest BCUT2D eigenvalue weighted by molar-refractivity contribution is 0.537. The van der Waals surface area contributed by atoms with Crippen LogP contribution in [-0.4, -0.2) is 0 Å². The first-order valence-corrected chi connectivity index (χ1v) is 9.36. The molecule has 0 N–H and O–H groups in total. The molecule has 0 fully saturated rings. The van der Waals surface area contributed by atoms with E-state index < -0.39 is 0 Å². The molecule has 0 unspecified atom stereocenters. The van der Waals surface area contributed by atoms with Crippen molar-refractivity contribution in [2.75, 3.05) is 0 Å². The average molecular weight is 280 g/mol. The Kier molecular flexibility index (Phi) is 18.5. The van der Waals surface area contributed by atoms with Crippen molar-refractivity contribution in [2.45, 2.75) is 110 Å². The second-order valence-electron chi connectivity index (χ2n) is 6.12. The van der Waals surface area contributed by atoms with Gasteiger partial charge in [-0.25, -0.2) is 0 Å². The minimum Gasteiger partial charge on any atom is -0.0888 e. The Morgan fingerprint density at radius 1 is 0.550 bits per heavy atom. The molecule has 0 heteroatoms. The summed E-state index contributed by atoms with van der Waals surface area (Å²) in [6, 6.07) is 0. The van der Waals surface area contributed by atoms with Crippen LogP contribution in [0.5, 0.6) is 0 Å². The molecule has 0 aliphatic rings. The number of allylic oxidation sites excluding steroid dienone is 2. The summed E-state index contributed by atoms with van der Waals surface area (Å²) in [5.41, 5.74) is 0. The van der Waals surface area contributed by atoms with Crippen LogP contribution in [0.15, 0.2) is 12.2 Å². The fourth-order valence-electron chi connectivity index (χ4n) is 2.67. The summed E-state index contributed by atoms with van der Waals surface area (Å²) in [6.07, 6.45) is 26.9. The van der Waals surface area contributed by atoms with Crippen molar-refractivity contribution in [1.29, 1.82) is 0 Å². The average Bonchev–Trinajstić information content (AvgIpc) is 2.47. The van der Waals surface area contributed by atoms with Crippen LogP contribution in [0.3, 0.4) is 0 Å². The first-order valence-electron chi connectivity index (χ1n) is 9.36. The number of unbranched alkanes of at least 4 members (excludes halogenated alkanes) is 14. The molecule has 0 nitrogen and oxygen atoms in total. The van der Waals surface area contributed by atoms with Gasteiger partial charge in [-0.2, -0.15) is 0 Å². The van der Waals surface area contributed by atoms with Crippen molar-refractivity contribution >= 4 is 0 Å². The monoisotopic (exact) mass is 279 g/mol. The predicted octanol–water partition coefficient (Wildman–Crippen LogP) is 7.64. The molecule has 0 heterocycles. The Morgan fingerprint density at radius 2 is 0.950 bits per heavy atom. The van der Waals surface area contributed by atoms with Crippen LogP contribution in [0.2, 0.25) is 0 Å². The molecule has 0 bridgehead atoms. The van der Waals surface area contributed by atoms with E-state index in [0.29, 0.717) is 0 Å². The fraction of sp³-hybridized carbons (Fsp3) is 0.850. The summed E-state index contributed by atoms with van der Waals surface area (Å²) < 4.78 is 0. The van der Waals surface area contributed by atoms with Crippen LogP contribution in [-0.2, 0) is 0 Å². The fourth-order valence-corrected chi connectivity index (χ4v) is 2.67. The molecule has 0 aliphatic heterocycles. The summed E-state index contributed by atoms with van der Waals surface area (Å²) >= 11 is 0. The van der Waals surface area contributed by atoms with Gasteiger partial charge < -0.3 is 0 Å². The second-order valence-corrected chi connectivity index (χ2v) is 6.12. The van der Waals surface area contributed by atoms with Gasteiger partial charge >= 0.3 is 0 Å². The third-order valence-electron chi connectivity index (χ3n) is 4.02. The van der Waals surface area contributed by atoms with Crippen molar-refractivity contribution in [3.63, 3.8) is 0 Å². The van der Waals surface area contributed by atoms with E-state index in [-0.39, 0.29) is 0 Å². The van der Waals surface area contributed by atoms with Gasteiger partial charge in [0.1, 0.15) is 0 Å². The number of hydrogen-bond donors (Lipinski definition) is 0. The highest BCUT2D eigenvalue weighted by Crippen LogP contribution is 2.13. The third-order valence-corrected chi connectivity index (χ3v) is 4.02. The van der Waals surface area contributed by atoms with Crippen molar-refractivity contribution in [3.8, 4) is 0 Å². The third kappa shape index (κ3) is 17.7. The zero-order valence-corrected chi connectivity index (χ0v) is 14.2. The molecule has 0 rings (SSSR count). The van der Waals surface area contributed by atoms with E-state index in [1.807, 2.05) is 0 Å². The molecule has 0 saturated carbocycles. The van der Waals surface area contributed by atoms with Crippen LogP contribution in [0.25, 0.3) is 0 Å². The molecule has 0 aliphatic carbocycles. The molecule has 0 saturated heterocycles. The van der Waals surface area contributed by atoms with Crippen molar-refractivity contribution in [2.24, 2.45) is 0 Å². The van der Waals surface area contributed by atoms with E-state index in [2.05, 4.69) is 26.0 Å². The molecule has 0 aromatic heterocycles. The molecule has 1 radical (unpaired) electrons. The summed E-state index contributed by atoms with van der Waals surface area (Å²) in [4.78, 5) is 0. The normalized spacial score (nSPS) is 11.5. The van der Waals surface area contributed by atoms with Gasteiger partial charge in [0.15, 0.2) is 0 Å². The lowest BCUT2D eigenvalue weighted by atomic mass is 10.0. The molecule has 0 amide bonds. The van der Waals surface area contributed by atoms with Gasteiger partial charge in [-0.05, 0) is 19.3 Å². The number of rotatable bonds is 16. The Morgan fingerprint density at radius 3 is 1.35 bits per heavy atom. The van der Waals surface area contributed by atoms with E-state index in [9.17, 15) is 0 Å². The van der Waals surface area contributed by atoms with Gasteiger partial charge in [0.25, 0.3) is 0 Å². The summed E-state index contributed by atoms with van der Waals surface area (Å²) in [5, 5.41) is 0. The highest BCUT2D eigenvalue weighted by atomic mass is 14.0. The summed E-state index contributed by atoms with van der Waals surface area (Å²) in [5.74, 6) is 0. The van der Waals surface area contributed by atoms with Crippen LogP contribution < -0.4 is 0 Å². The highest BCUT2D eigenvalue weighted by Gasteiger charge is 1.93. The highest BCUT2D eigenvalue weighted by molar-refractivity contribution is 4.79. The Labute approximate surface area is 129 Å². The lowest BCUT2D eigenvalue weighted by Gasteiger charge is -2.02. The van der Waals surface area contributed by atoms with Gasteiger partial charge in [0.2, 0.25) is 0 Å². The molecule has 0 aromatic rings. The van der Waals surface area contributed by atoms with Gasteiger partial charge in [-0.3, -0.25) is 0 Å². The SMILES string of the molecule is [CH2]CCCCCCCCCCCCCCCC=CCC. The van der Waals surface area contributed by atoms with Crippen LogP contribution in [0.4, 0.5) is 0 Å². The largest absolute Gasteiger partial charge is 0.0888 e. The molecule has 20 heavy (non-hydrogen) atoms. The van der Waals surface area contributed by atoms with E-state index in [1.54, 1.807) is 0 Å². The van der Waals surface area contributed by atoms with E-state index in [0.717, 1.165) is 6.42 Å². The molecule has 119 valence electrons. The Hall–Kier alpha value is -0.260. The first-order chi connectivity index (χ1) is 9.91. The minimum atomic E-state index is 1.12. The maximum absolute atomic E-state index is 3.89. The topological polar surface area (TPSA) is 0 Å². The Balaban J connectivity index is 2.94. The molecule has 0 atom stereocenters. The Bertz CT molecular complexity index is 180. The van der Waals surface area contributed by atoms with Crippen molar-refractivity contribution < 1.29 is 0 Å². The van der Waals surface area contributed by atoms with Gasteiger partial charge in [-0.1, -0.05) is 109 Å². The summed E-state index contributed by atoms with van der Waals surface area (Å²) in [7, 11) is 0. The molecule has 0 spiro atoms. The van der Waals surface area contributed by atoms with Crippen LogP contribution in [0, 0.1) is 6.92 Å². The quantitative estimate of drug-likeness (QED) is 0.201. The standard InChI is InChI=1S/C20H39/c1-3-5-7-9-11-13-15-17-19-20-18-16-14-12-10-8-6-4-2/h6,8H,1,3-5,7,9-20H2,2H3. The molecule has 0 aromatic carbocycles. The smallest absolute Gasteiger partial charge is 0.0351 e. The second kappa shape index (κ2) is 18.7. The summed E-state index contributed by atoms with van der Waals surface area (Å²) in [6.45, 7) is 6.10. The molecular weight excluding hydrogens is 240 g/mol. The van der Waals surface area contributed by atoms with E-state index in [1.165, 1.54) is 96.3 Å². The van der Waals surface area contributed by atoms with E-state index >= 15 is 0 Å². The van der Waals surface area contributed by atoms with Gasteiger partial charge in [0, 0.05) is 0 Å².